The van der Waals surface area contributed by atoms with Crippen LogP contribution in [0.25, 0.3) is 0 Å². The van der Waals surface area contributed by atoms with Crippen LogP contribution in [0.4, 0.5) is 0 Å². The van der Waals surface area contributed by atoms with Gasteiger partial charge >= 0.3 is 0 Å². The van der Waals surface area contributed by atoms with Gasteiger partial charge in [0.15, 0.2) is 11.4 Å². The maximum absolute atomic E-state index is 13.0. The number of allylic oxidation sites excluding steroid dienone is 12. The zero-order valence-corrected chi connectivity index (χ0v) is 29.4. The van der Waals surface area contributed by atoms with Gasteiger partial charge in [-0.25, -0.2) is 0 Å². The van der Waals surface area contributed by atoms with Crippen LogP contribution in [-0.2, 0) is 29.5 Å². The first-order valence-electron chi connectivity index (χ1n) is 17.7. The van der Waals surface area contributed by atoms with Crippen LogP contribution in [0.15, 0.2) is 115 Å². The Balaban J connectivity index is 1.31. The number of hydrogen-bond acceptors (Lipinski definition) is 6. The third-order valence-electron chi connectivity index (χ3n) is 8.32. The van der Waals surface area contributed by atoms with Crippen LogP contribution in [0.2, 0.25) is 0 Å². The Kier molecular flexibility index (Phi) is 18.5. The zero-order chi connectivity index (χ0) is 35.0. The molecule has 0 radical (unpaired) electrons. The quantitative estimate of drug-likeness (QED) is 0.140. The number of morpholine rings is 1. The van der Waals surface area contributed by atoms with Crippen LogP contribution in [0.3, 0.4) is 0 Å². The first kappa shape index (κ1) is 39.2. The van der Waals surface area contributed by atoms with E-state index in [0.717, 1.165) is 38.5 Å². The molecular weight excluding hydrogens is 614 g/mol. The Morgan fingerprint density at radius 3 is 1.90 bits per heavy atom. The second-order valence-corrected chi connectivity index (χ2v) is 12.1. The number of nitrogens with zero attached hydrogens (tertiary/aromatic N) is 1. The van der Waals surface area contributed by atoms with Gasteiger partial charge in [0.2, 0.25) is 11.7 Å². The summed E-state index contributed by atoms with van der Waals surface area (Å²) in [6.45, 7) is 7.12. The van der Waals surface area contributed by atoms with Gasteiger partial charge in [-0.15, -0.1) is 0 Å². The molecule has 1 aromatic rings. The summed E-state index contributed by atoms with van der Waals surface area (Å²) in [5.41, 5.74) is -0.536. The highest BCUT2D eigenvalue weighted by Gasteiger charge is 2.43. The highest BCUT2D eigenvalue weighted by atomic mass is 16.5. The highest BCUT2D eigenvalue weighted by Crippen LogP contribution is 2.34. The lowest BCUT2D eigenvalue weighted by Gasteiger charge is -2.34. The van der Waals surface area contributed by atoms with Crippen LogP contribution in [0.5, 0.6) is 0 Å². The second-order valence-electron chi connectivity index (χ2n) is 12.1. The molecule has 2 aliphatic rings. The Morgan fingerprint density at radius 1 is 0.796 bits per heavy atom. The van der Waals surface area contributed by atoms with E-state index in [9.17, 15) is 14.4 Å². The number of benzene rings is 1. The number of ketones is 1. The number of carbonyl (C=O) groups is 3. The summed E-state index contributed by atoms with van der Waals surface area (Å²) in [6.07, 6.45) is 34.1. The fraction of sp³-hybridized carbons (Fsp3) is 0.439. The number of ether oxygens (including phenoxy) is 2. The molecule has 264 valence electrons. The van der Waals surface area contributed by atoms with Crippen molar-refractivity contribution in [2.45, 2.75) is 76.9 Å². The highest BCUT2D eigenvalue weighted by molar-refractivity contribution is 6.07. The van der Waals surface area contributed by atoms with Crippen molar-refractivity contribution in [3.05, 3.63) is 121 Å². The number of hydrogen-bond donors (Lipinski definition) is 2. The van der Waals surface area contributed by atoms with Crippen LogP contribution >= 0.6 is 0 Å². The predicted molar refractivity (Wildman–Crippen MR) is 198 cm³/mol. The molecule has 0 aliphatic carbocycles. The van der Waals surface area contributed by atoms with E-state index < -0.39 is 11.5 Å². The van der Waals surface area contributed by atoms with E-state index >= 15 is 0 Å². The Morgan fingerprint density at radius 2 is 1.33 bits per heavy atom. The van der Waals surface area contributed by atoms with Gasteiger partial charge in [0.05, 0.1) is 13.2 Å². The van der Waals surface area contributed by atoms with Gasteiger partial charge < -0.3 is 20.1 Å². The standard InChI is InChI=1S/C41H55N3O5/c1-3-4-5-6-7-8-9-10-11-12-13-14-15-16-17-18-19-20-24-27-39(46)42-33-36(44-28-30-48-31-29-44)34-43-40(47)37-32-38(45)41(2,49-37)35-25-22-21-23-26-35/h4-5,7-8,10-11,13-14,16-17,19-23,25-26,32,36H,3,6,9,12,15,18,24,27-31,33-34H2,1-2H3,(H,42,46)(H,43,47). The molecule has 2 N–H and O–H groups in total. The van der Waals surface area contributed by atoms with E-state index in [0.29, 0.717) is 57.8 Å². The van der Waals surface area contributed by atoms with Crippen molar-refractivity contribution in [3.8, 4) is 0 Å². The normalized spacial score (nSPS) is 19.6. The molecule has 1 saturated heterocycles. The molecule has 2 aliphatic heterocycles. The Hall–Kier alpha value is -4.27. The third-order valence-corrected chi connectivity index (χ3v) is 8.32. The molecule has 0 spiro atoms. The Labute approximate surface area is 293 Å². The van der Waals surface area contributed by atoms with Gasteiger partial charge in [0.1, 0.15) is 0 Å². The fourth-order valence-electron chi connectivity index (χ4n) is 5.37. The third kappa shape index (κ3) is 14.8. The fourth-order valence-corrected chi connectivity index (χ4v) is 5.37. The monoisotopic (exact) mass is 669 g/mol. The van der Waals surface area contributed by atoms with Gasteiger partial charge in [-0.2, -0.15) is 0 Å². The summed E-state index contributed by atoms with van der Waals surface area (Å²) in [6, 6.07) is 9.03. The topological polar surface area (TPSA) is 97.0 Å². The first-order valence-corrected chi connectivity index (χ1v) is 17.7. The molecule has 1 fully saturated rings. The molecule has 0 saturated carbocycles. The van der Waals surface area contributed by atoms with Gasteiger partial charge in [-0.1, -0.05) is 110 Å². The summed E-state index contributed by atoms with van der Waals surface area (Å²) < 4.78 is 11.4. The van der Waals surface area contributed by atoms with E-state index in [-0.39, 0.29) is 23.5 Å². The van der Waals surface area contributed by atoms with Crippen LogP contribution in [0.1, 0.15) is 70.8 Å². The van der Waals surface area contributed by atoms with Gasteiger partial charge in [0.25, 0.3) is 5.91 Å². The smallest absolute Gasteiger partial charge is 0.286 e. The number of rotatable bonds is 21. The van der Waals surface area contributed by atoms with Gasteiger partial charge in [-0.3, -0.25) is 19.3 Å². The summed E-state index contributed by atoms with van der Waals surface area (Å²) in [7, 11) is 0. The predicted octanol–water partition coefficient (Wildman–Crippen LogP) is 6.80. The minimum atomic E-state index is -1.23. The summed E-state index contributed by atoms with van der Waals surface area (Å²) >= 11 is 0. The minimum Gasteiger partial charge on any atom is -0.469 e. The van der Waals surface area contributed by atoms with E-state index in [1.807, 2.05) is 36.4 Å². The van der Waals surface area contributed by atoms with Crippen molar-refractivity contribution >= 4 is 17.6 Å². The molecule has 2 unspecified atom stereocenters. The number of carbonyl (C=O) groups excluding carboxylic acids is 3. The molecular formula is C41H55N3O5. The van der Waals surface area contributed by atoms with Crippen LogP contribution in [0, 0.1) is 0 Å². The second kappa shape index (κ2) is 23.1. The SMILES string of the molecule is CCC=CCC=CCC=CCC=CCC=CCC=CCCC(=O)NCC(CNC(=O)C1=CC(=O)C(C)(c2ccccc2)O1)N1CCOCC1. The first-order chi connectivity index (χ1) is 23.9. The lowest BCUT2D eigenvalue weighted by Crippen LogP contribution is -2.53. The molecule has 49 heavy (non-hydrogen) atoms. The zero-order valence-electron chi connectivity index (χ0n) is 29.4. The summed E-state index contributed by atoms with van der Waals surface area (Å²) in [5.74, 6) is -0.754. The molecule has 2 heterocycles. The largest absolute Gasteiger partial charge is 0.469 e. The lowest BCUT2D eigenvalue weighted by atomic mass is 9.92. The van der Waals surface area contributed by atoms with Gasteiger partial charge in [-0.05, 0) is 51.9 Å². The van der Waals surface area contributed by atoms with E-state index in [4.69, 9.17) is 9.47 Å². The minimum absolute atomic E-state index is 0.00233. The van der Waals surface area contributed by atoms with Crippen molar-refractivity contribution in [2.75, 3.05) is 39.4 Å². The summed E-state index contributed by atoms with van der Waals surface area (Å²) in [4.78, 5) is 40.6. The van der Waals surface area contributed by atoms with Crippen molar-refractivity contribution < 1.29 is 23.9 Å². The molecule has 2 atom stereocenters. The number of nitrogens with one attached hydrogen (secondary N) is 2. The van der Waals surface area contributed by atoms with Crippen molar-refractivity contribution in [1.29, 1.82) is 0 Å². The maximum atomic E-state index is 13.0. The maximum Gasteiger partial charge on any atom is 0.286 e. The lowest BCUT2D eigenvalue weighted by molar-refractivity contribution is -0.132. The average molecular weight is 670 g/mol. The van der Waals surface area contributed by atoms with E-state index in [1.165, 1.54) is 6.08 Å². The average Bonchev–Trinajstić information content (AvgIpc) is 3.44. The molecule has 8 nitrogen and oxygen atoms in total. The molecule has 2 amide bonds. The van der Waals surface area contributed by atoms with Crippen molar-refractivity contribution in [2.24, 2.45) is 0 Å². The van der Waals surface area contributed by atoms with E-state index in [1.54, 1.807) is 6.92 Å². The van der Waals surface area contributed by atoms with Gasteiger partial charge in [0, 0.05) is 50.3 Å². The molecule has 0 aromatic heterocycles. The van der Waals surface area contributed by atoms with Crippen molar-refractivity contribution in [1.82, 2.24) is 15.5 Å². The molecule has 8 heteroatoms. The molecule has 1 aromatic carbocycles. The molecule has 3 rings (SSSR count). The molecule has 0 bridgehead atoms. The van der Waals surface area contributed by atoms with Crippen molar-refractivity contribution in [3.63, 3.8) is 0 Å². The van der Waals surface area contributed by atoms with Crippen LogP contribution < -0.4 is 10.6 Å². The Bertz CT molecular complexity index is 1370. The van der Waals surface area contributed by atoms with E-state index in [2.05, 4.69) is 89.3 Å². The van der Waals surface area contributed by atoms with Crippen LogP contribution in [-0.4, -0.2) is 67.9 Å². The summed E-state index contributed by atoms with van der Waals surface area (Å²) in [5, 5.41) is 5.95. The number of amides is 2.